The van der Waals surface area contributed by atoms with Gasteiger partial charge in [0.1, 0.15) is 0 Å². The van der Waals surface area contributed by atoms with Crippen LogP contribution in [-0.2, 0) is 16.0 Å². The fraction of sp³-hybridized carbons (Fsp3) is 0.333. The molecule has 0 spiro atoms. The molecule has 4 nitrogen and oxygen atoms in total. The minimum absolute atomic E-state index is 0.0818. The SMILES string of the molecule is Cc1ccccc1C(CC(=O)O)NC(=O)[C@@H]1CCCc2ccccc21. The molecule has 3 rings (SSSR count). The van der Waals surface area contributed by atoms with Crippen molar-refractivity contribution in [1.29, 1.82) is 0 Å². The molecule has 0 saturated carbocycles. The Bertz CT molecular complexity index is 784. The van der Waals surface area contributed by atoms with Gasteiger partial charge >= 0.3 is 5.97 Å². The first-order chi connectivity index (χ1) is 12.1. The largest absolute Gasteiger partial charge is 0.481 e. The molecule has 2 N–H and O–H groups in total. The Balaban J connectivity index is 1.84. The Kier molecular flexibility index (Phi) is 5.17. The molecule has 2 atom stereocenters. The summed E-state index contributed by atoms with van der Waals surface area (Å²) in [6.45, 7) is 1.94. The number of aliphatic carboxylic acids is 1. The summed E-state index contributed by atoms with van der Waals surface area (Å²) < 4.78 is 0. The van der Waals surface area contributed by atoms with Gasteiger partial charge in [0.25, 0.3) is 0 Å². The van der Waals surface area contributed by atoms with Crippen molar-refractivity contribution in [2.24, 2.45) is 0 Å². The highest BCUT2D eigenvalue weighted by atomic mass is 16.4. The second-order valence-corrected chi connectivity index (χ2v) is 6.66. The molecule has 1 aliphatic carbocycles. The lowest BCUT2D eigenvalue weighted by Gasteiger charge is -2.27. The molecule has 0 heterocycles. The molecule has 0 saturated heterocycles. The van der Waals surface area contributed by atoms with Crippen LogP contribution >= 0.6 is 0 Å². The van der Waals surface area contributed by atoms with Gasteiger partial charge in [-0.1, -0.05) is 48.5 Å². The average Bonchev–Trinajstić information content (AvgIpc) is 2.60. The van der Waals surface area contributed by atoms with Crippen LogP contribution in [0.1, 0.15) is 53.5 Å². The predicted molar refractivity (Wildman–Crippen MR) is 96.4 cm³/mol. The first-order valence-electron chi connectivity index (χ1n) is 8.71. The number of benzene rings is 2. The number of amides is 1. The fourth-order valence-electron chi connectivity index (χ4n) is 3.69. The van der Waals surface area contributed by atoms with E-state index in [1.165, 1.54) is 5.56 Å². The molecular formula is C21H23NO3. The Morgan fingerprint density at radius 1 is 1.16 bits per heavy atom. The monoisotopic (exact) mass is 337 g/mol. The summed E-state index contributed by atoms with van der Waals surface area (Å²) in [4.78, 5) is 24.2. The van der Waals surface area contributed by atoms with E-state index in [4.69, 9.17) is 0 Å². The van der Waals surface area contributed by atoms with Gasteiger partial charge < -0.3 is 10.4 Å². The normalized spacial score (nSPS) is 17.4. The minimum atomic E-state index is -0.919. The highest BCUT2D eigenvalue weighted by molar-refractivity contribution is 5.85. The first kappa shape index (κ1) is 17.2. The molecule has 0 fully saturated rings. The Hall–Kier alpha value is -2.62. The first-order valence-corrected chi connectivity index (χ1v) is 8.71. The summed E-state index contributed by atoms with van der Waals surface area (Å²) >= 11 is 0. The molecule has 0 aromatic heterocycles. The lowest BCUT2D eigenvalue weighted by Crippen LogP contribution is -2.35. The Morgan fingerprint density at radius 2 is 1.88 bits per heavy atom. The van der Waals surface area contributed by atoms with Crippen molar-refractivity contribution >= 4 is 11.9 Å². The molecule has 1 aliphatic rings. The lowest BCUT2D eigenvalue weighted by molar-refractivity contribution is -0.137. The van der Waals surface area contributed by atoms with Crippen LogP contribution in [0, 0.1) is 6.92 Å². The van der Waals surface area contributed by atoms with E-state index in [9.17, 15) is 14.7 Å². The number of carboxylic acid groups (broad SMARTS) is 1. The van der Waals surface area contributed by atoms with E-state index in [0.717, 1.165) is 36.0 Å². The van der Waals surface area contributed by atoms with Crippen LogP contribution in [0.25, 0.3) is 0 Å². The topological polar surface area (TPSA) is 66.4 Å². The summed E-state index contributed by atoms with van der Waals surface area (Å²) in [6.07, 6.45) is 2.65. The quantitative estimate of drug-likeness (QED) is 0.873. The van der Waals surface area contributed by atoms with Gasteiger partial charge in [0, 0.05) is 0 Å². The number of aryl methyl sites for hydroxylation is 2. The van der Waals surface area contributed by atoms with Crippen molar-refractivity contribution < 1.29 is 14.7 Å². The summed E-state index contributed by atoms with van der Waals surface area (Å²) in [5, 5.41) is 12.3. The van der Waals surface area contributed by atoms with Gasteiger partial charge in [0.2, 0.25) is 5.91 Å². The van der Waals surface area contributed by atoms with Crippen molar-refractivity contribution in [2.75, 3.05) is 0 Å². The maximum atomic E-state index is 12.9. The standard InChI is InChI=1S/C21H23NO3/c1-14-7-2-4-10-16(14)19(13-20(23)24)22-21(25)18-12-6-9-15-8-3-5-11-17(15)18/h2-5,7-8,10-11,18-19H,6,9,12-13H2,1H3,(H,22,25)(H,23,24)/t18-,19?/m1/s1. The summed E-state index contributed by atoms with van der Waals surface area (Å²) in [5.41, 5.74) is 4.14. The van der Waals surface area contributed by atoms with E-state index in [0.29, 0.717) is 0 Å². The maximum absolute atomic E-state index is 12.9. The minimum Gasteiger partial charge on any atom is -0.481 e. The smallest absolute Gasteiger partial charge is 0.305 e. The highest BCUT2D eigenvalue weighted by Gasteiger charge is 2.29. The number of carboxylic acids is 1. The third kappa shape index (κ3) is 3.90. The summed E-state index contributed by atoms with van der Waals surface area (Å²) in [6, 6.07) is 15.1. The van der Waals surface area contributed by atoms with Gasteiger partial charge in [-0.05, 0) is 48.4 Å². The number of nitrogens with one attached hydrogen (secondary N) is 1. The van der Waals surface area contributed by atoms with Crippen molar-refractivity contribution in [3.05, 3.63) is 70.8 Å². The Morgan fingerprint density at radius 3 is 2.64 bits per heavy atom. The predicted octanol–water partition coefficient (Wildman–Crippen LogP) is 3.75. The van der Waals surface area contributed by atoms with Crippen LogP contribution in [0.3, 0.4) is 0 Å². The zero-order chi connectivity index (χ0) is 17.8. The molecule has 25 heavy (non-hydrogen) atoms. The van der Waals surface area contributed by atoms with E-state index in [-0.39, 0.29) is 18.2 Å². The highest BCUT2D eigenvalue weighted by Crippen LogP contribution is 2.32. The van der Waals surface area contributed by atoms with Gasteiger partial charge in [-0.15, -0.1) is 0 Å². The van der Waals surface area contributed by atoms with Crippen LogP contribution in [0.5, 0.6) is 0 Å². The second-order valence-electron chi connectivity index (χ2n) is 6.66. The van der Waals surface area contributed by atoms with Crippen LogP contribution in [0.4, 0.5) is 0 Å². The molecule has 4 heteroatoms. The lowest BCUT2D eigenvalue weighted by atomic mass is 9.82. The van der Waals surface area contributed by atoms with Crippen LogP contribution < -0.4 is 5.32 Å². The zero-order valence-corrected chi connectivity index (χ0v) is 14.4. The average molecular weight is 337 g/mol. The molecule has 0 bridgehead atoms. The molecule has 2 aromatic rings. The van der Waals surface area contributed by atoms with Crippen molar-refractivity contribution in [3.8, 4) is 0 Å². The van der Waals surface area contributed by atoms with Gasteiger partial charge in [0.15, 0.2) is 0 Å². The number of carbonyl (C=O) groups is 2. The zero-order valence-electron chi connectivity index (χ0n) is 14.4. The molecule has 0 aliphatic heterocycles. The van der Waals surface area contributed by atoms with Gasteiger partial charge in [-0.3, -0.25) is 9.59 Å². The van der Waals surface area contributed by atoms with Crippen LogP contribution in [-0.4, -0.2) is 17.0 Å². The van der Waals surface area contributed by atoms with Crippen LogP contribution in [0.2, 0.25) is 0 Å². The number of hydrogen-bond donors (Lipinski definition) is 2. The van der Waals surface area contributed by atoms with E-state index in [1.54, 1.807) is 0 Å². The number of rotatable bonds is 5. The van der Waals surface area contributed by atoms with Crippen molar-refractivity contribution in [3.63, 3.8) is 0 Å². The number of carbonyl (C=O) groups excluding carboxylic acids is 1. The maximum Gasteiger partial charge on any atom is 0.305 e. The van der Waals surface area contributed by atoms with E-state index >= 15 is 0 Å². The van der Waals surface area contributed by atoms with E-state index in [1.807, 2.05) is 49.4 Å². The fourth-order valence-corrected chi connectivity index (χ4v) is 3.69. The third-order valence-corrected chi connectivity index (χ3v) is 4.95. The molecule has 1 unspecified atom stereocenters. The summed E-state index contributed by atoms with van der Waals surface area (Å²) in [5.74, 6) is -1.20. The number of fused-ring (bicyclic) bond motifs is 1. The molecule has 130 valence electrons. The van der Waals surface area contributed by atoms with Gasteiger partial charge in [0.05, 0.1) is 18.4 Å². The van der Waals surface area contributed by atoms with Crippen molar-refractivity contribution in [1.82, 2.24) is 5.32 Å². The molecular weight excluding hydrogens is 314 g/mol. The van der Waals surface area contributed by atoms with Crippen LogP contribution in [0.15, 0.2) is 48.5 Å². The van der Waals surface area contributed by atoms with E-state index in [2.05, 4.69) is 11.4 Å². The number of hydrogen-bond acceptors (Lipinski definition) is 2. The molecule has 1 amide bonds. The van der Waals surface area contributed by atoms with E-state index < -0.39 is 12.0 Å². The Labute approximate surface area is 147 Å². The molecule has 0 radical (unpaired) electrons. The van der Waals surface area contributed by atoms with Gasteiger partial charge in [-0.25, -0.2) is 0 Å². The second kappa shape index (κ2) is 7.51. The van der Waals surface area contributed by atoms with Gasteiger partial charge in [-0.2, -0.15) is 0 Å². The molecule has 2 aromatic carbocycles. The third-order valence-electron chi connectivity index (χ3n) is 4.95. The van der Waals surface area contributed by atoms with Crippen molar-refractivity contribution in [2.45, 2.75) is 44.6 Å². The summed E-state index contributed by atoms with van der Waals surface area (Å²) in [7, 11) is 0.